The second kappa shape index (κ2) is 5.38. The number of fused-ring (bicyclic) bond motifs is 1. The summed E-state index contributed by atoms with van der Waals surface area (Å²) in [5.74, 6) is 0.648. The molecule has 0 spiro atoms. The van der Waals surface area contributed by atoms with Gasteiger partial charge < -0.3 is 0 Å². The van der Waals surface area contributed by atoms with E-state index in [1.54, 1.807) is 0 Å². The van der Waals surface area contributed by atoms with Crippen LogP contribution in [-0.4, -0.2) is 5.88 Å². The SMILES string of the molecule is ClCCC=Cc1cccc2cccc(Cl)c12. The van der Waals surface area contributed by atoms with Gasteiger partial charge in [0.05, 0.1) is 0 Å². The van der Waals surface area contributed by atoms with E-state index in [0.717, 1.165) is 22.4 Å². The van der Waals surface area contributed by atoms with Crippen molar-refractivity contribution in [1.82, 2.24) is 0 Å². The number of rotatable bonds is 3. The average molecular weight is 251 g/mol. The molecule has 0 saturated heterocycles. The minimum atomic E-state index is 0.648. The van der Waals surface area contributed by atoms with E-state index in [2.05, 4.69) is 30.4 Å². The Morgan fingerprint density at radius 3 is 2.56 bits per heavy atom. The Kier molecular flexibility index (Phi) is 3.87. The number of halogens is 2. The standard InChI is InChI=1S/C14H12Cl2/c15-10-2-1-5-11-6-3-7-12-8-4-9-13(16)14(11)12/h1,3-9H,2,10H2. The van der Waals surface area contributed by atoms with E-state index in [9.17, 15) is 0 Å². The van der Waals surface area contributed by atoms with Gasteiger partial charge in [-0.25, -0.2) is 0 Å². The average Bonchev–Trinajstić information content (AvgIpc) is 2.30. The van der Waals surface area contributed by atoms with Gasteiger partial charge in [0.25, 0.3) is 0 Å². The molecule has 82 valence electrons. The first-order valence-electron chi connectivity index (χ1n) is 5.22. The third-order valence-corrected chi connectivity index (χ3v) is 2.99. The van der Waals surface area contributed by atoms with Crippen molar-refractivity contribution in [2.24, 2.45) is 0 Å². The Morgan fingerprint density at radius 1 is 1.06 bits per heavy atom. The number of hydrogen-bond donors (Lipinski definition) is 0. The van der Waals surface area contributed by atoms with Gasteiger partial charge in [-0.05, 0) is 23.4 Å². The highest BCUT2D eigenvalue weighted by Crippen LogP contribution is 2.27. The van der Waals surface area contributed by atoms with Crippen molar-refractivity contribution in [3.05, 3.63) is 53.1 Å². The lowest BCUT2D eigenvalue weighted by Gasteiger charge is -2.04. The monoisotopic (exact) mass is 250 g/mol. The summed E-state index contributed by atoms with van der Waals surface area (Å²) in [5, 5.41) is 3.07. The van der Waals surface area contributed by atoms with Gasteiger partial charge in [-0.1, -0.05) is 54.1 Å². The molecule has 0 radical (unpaired) electrons. The molecule has 0 aliphatic heterocycles. The van der Waals surface area contributed by atoms with E-state index in [1.807, 2.05) is 18.2 Å². The fourth-order valence-corrected chi connectivity index (χ4v) is 2.15. The molecule has 2 aromatic rings. The molecular formula is C14H12Cl2. The predicted molar refractivity (Wildman–Crippen MR) is 73.3 cm³/mol. The van der Waals surface area contributed by atoms with E-state index in [-0.39, 0.29) is 0 Å². The minimum Gasteiger partial charge on any atom is -0.126 e. The molecule has 0 nitrogen and oxygen atoms in total. The van der Waals surface area contributed by atoms with Gasteiger partial charge in [0, 0.05) is 16.3 Å². The van der Waals surface area contributed by atoms with Crippen molar-refractivity contribution >= 4 is 40.1 Å². The van der Waals surface area contributed by atoms with E-state index >= 15 is 0 Å². The molecule has 0 aromatic heterocycles. The number of hydrogen-bond acceptors (Lipinski definition) is 0. The fraction of sp³-hybridized carbons (Fsp3) is 0.143. The molecule has 0 heterocycles. The van der Waals surface area contributed by atoms with Crippen LogP contribution < -0.4 is 0 Å². The van der Waals surface area contributed by atoms with Gasteiger partial charge in [0.1, 0.15) is 0 Å². The van der Waals surface area contributed by atoms with Crippen molar-refractivity contribution < 1.29 is 0 Å². The predicted octanol–water partition coefficient (Wildman–Crippen LogP) is 5.14. The van der Waals surface area contributed by atoms with Gasteiger partial charge in [0.15, 0.2) is 0 Å². The van der Waals surface area contributed by atoms with Crippen molar-refractivity contribution in [2.45, 2.75) is 6.42 Å². The fourth-order valence-electron chi connectivity index (χ4n) is 1.74. The van der Waals surface area contributed by atoms with E-state index in [4.69, 9.17) is 23.2 Å². The minimum absolute atomic E-state index is 0.648. The van der Waals surface area contributed by atoms with Crippen LogP contribution in [0.3, 0.4) is 0 Å². The summed E-state index contributed by atoms with van der Waals surface area (Å²) >= 11 is 11.9. The maximum absolute atomic E-state index is 6.22. The lowest BCUT2D eigenvalue weighted by molar-refractivity contribution is 1.24. The zero-order valence-corrected chi connectivity index (χ0v) is 10.3. The Balaban J connectivity index is 2.52. The van der Waals surface area contributed by atoms with Crippen molar-refractivity contribution in [3.63, 3.8) is 0 Å². The Hall–Kier alpha value is -0.980. The molecule has 2 rings (SSSR count). The molecule has 0 atom stereocenters. The lowest BCUT2D eigenvalue weighted by Crippen LogP contribution is -1.79. The molecule has 16 heavy (non-hydrogen) atoms. The maximum atomic E-state index is 6.22. The van der Waals surface area contributed by atoms with E-state index < -0.39 is 0 Å². The third-order valence-electron chi connectivity index (χ3n) is 2.46. The highest BCUT2D eigenvalue weighted by Gasteiger charge is 2.01. The molecule has 0 fully saturated rings. The van der Waals surface area contributed by atoms with Crippen molar-refractivity contribution in [1.29, 1.82) is 0 Å². The van der Waals surface area contributed by atoms with Crippen LogP contribution in [-0.2, 0) is 0 Å². The first-order valence-corrected chi connectivity index (χ1v) is 6.14. The highest BCUT2D eigenvalue weighted by atomic mass is 35.5. The van der Waals surface area contributed by atoms with Crippen molar-refractivity contribution in [3.8, 4) is 0 Å². The first kappa shape index (κ1) is 11.5. The molecular weight excluding hydrogens is 239 g/mol. The summed E-state index contributed by atoms with van der Waals surface area (Å²) in [6, 6.07) is 12.1. The van der Waals surface area contributed by atoms with Crippen LogP contribution in [0.15, 0.2) is 42.5 Å². The molecule has 0 unspecified atom stereocenters. The highest BCUT2D eigenvalue weighted by molar-refractivity contribution is 6.36. The summed E-state index contributed by atoms with van der Waals surface area (Å²) in [6.07, 6.45) is 5.03. The zero-order valence-electron chi connectivity index (χ0n) is 8.79. The third kappa shape index (κ3) is 2.40. The van der Waals surface area contributed by atoms with Crippen LogP contribution in [0.1, 0.15) is 12.0 Å². The maximum Gasteiger partial charge on any atom is 0.0490 e. The van der Waals surface area contributed by atoms with Crippen LogP contribution in [0.25, 0.3) is 16.8 Å². The van der Waals surface area contributed by atoms with Crippen LogP contribution in [0.5, 0.6) is 0 Å². The topological polar surface area (TPSA) is 0 Å². The molecule has 2 aromatic carbocycles. The molecule has 0 aliphatic rings. The van der Waals surface area contributed by atoms with E-state index in [0.29, 0.717) is 5.88 Å². The van der Waals surface area contributed by atoms with Crippen LogP contribution in [0.2, 0.25) is 5.02 Å². The zero-order chi connectivity index (χ0) is 11.4. The number of allylic oxidation sites excluding steroid dienone is 1. The second-order valence-corrected chi connectivity index (χ2v) is 4.35. The number of benzene rings is 2. The Bertz CT molecular complexity index is 510. The van der Waals surface area contributed by atoms with Crippen LogP contribution >= 0.6 is 23.2 Å². The van der Waals surface area contributed by atoms with Crippen molar-refractivity contribution in [2.75, 3.05) is 5.88 Å². The Labute approximate surface area is 105 Å². The molecule has 0 N–H and O–H groups in total. The number of alkyl halides is 1. The van der Waals surface area contributed by atoms with Gasteiger partial charge >= 0.3 is 0 Å². The van der Waals surface area contributed by atoms with Gasteiger partial charge in [0.2, 0.25) is 0 Å². The van der Waals surface area contributed by atoms with Gasteiger partial charge in [-0.15, -0.1) is 11.6 Å². The molecule has 0 bridgehead atoms. The lowest BCUT2D eigenvalue weighted by atomic mass is 10.0. The normalized spacial score (nSPS) is 11.4. The molecule has 0 aliphatic carbocycles. The quantitative estimate of drug-likeness (QED) is 0.663. The van der Waals surface area contributed by atoms with Gasteiger partial charge in [-0.2, -0.15) is 0 Å². The summed E-state index contributed by atoms with van der Waals surface area (Å²) in [6.45, 7) is 0. The van der Waals surface area contributed by atoms with Crippen LogP contribution in [0, 0.1) is 0 Å². The summed E-state index contributed by atoms with van der Waals surface area (Å²) in [7, 11) is 0. The van der Waals surface area contributed by atoms with E-state index in [1.165, 1.54) is 5.39 Å². The summed E-state index contributed by atoms with van der Waals surface area (Å²) < 4.78 is 0. The Morgan fingerprint density at radius 2 is 1.81 bits per heavy atom. The molecule has 2 heteroatoms. The summed E-state index contributed by atoms with van der Waals surface area (Å²) in [5.41, 5.74) is 1.15. The molecule has 0 saturated carbocycles. The largest absolute Gasteiger partial charge is 0.126 e. The first-order chi connectivity index (χ1) is 7.83. The smallest absolute Gasteiger partial charge is 0.0490 e. The molecule has 0 amide bonds. The van der Waals surface area contributed by atoms with Crippen LogP contribution in [0.4, 0.5) is 0 Å². The second-order valence-electron chi connectivity index (χ2n) is 3.57. The van der Waals surface area contributed by atoms with Gasteiger partial charge in [-0.3, -0.25) is 0 Å². The summed E-state index contributed by atoms with van der Waals surface area (Å²) in [4.78, 5) is 0.